The van der Waals surface area contributed by atoms with E-state index >= 15 is 0 Å². The summed E-state index contributed by atoms with van der Waals surface area (Å²) in [5.41, 5.74) is 5.84. The van der Waals surface area contributed by atoms with Gasteiger partial charge in [0, 0.05) is 29.7 Å². The highest BCUT2D eigenvalue weighted by atomic mass is 35.5. The van der Waals surface area contributed by atoms with E-state index in [1.807, 2.05) is 0 Å². The van der Waals surface area contributed by atoms with Crippen LogP contribution in [-0.2, 0) is 6.54 Å². The van der Waals surface area contributed by atoms with Gasteiger partial charge in [-0.2, -0.15) is 5.10 Å². The van der Waals surface area contributed by atoms with E-state index in [1.165, 1.54) is 24.4 Å². The Labute approximate surface area is 120 Å². The molecule has 1 heterocycles. The summed E-state index contributed by atoms with van der Waals surface area (Å²) in [6, 6.07) is 5.76. The van der Waals surface area contributed by atoms with E-state index < -0.39 is 5.82 Å². The second kappa shape index (κ2) is 6.49. The van der Waals surface area contributed by atoms with Crippen molar-refractivity contribution in [2.45, 2.75) is 6.54 Å². The summed E-state index contributed by atoms with van der Waals surface area (Å²) in [4.78, 5) is 11.9. The molecule has 0 atom stereocenters. The molecule has 0 saturated carbocycles. The summed E-state index contributed by atoms with van der Waals surface area (Å²) < 4.78 is 14.8. The van der Waals surface area contributed by atoms with Gasteiger partial charge in [-0.15, -0.1) is 0 Å². The number of nitrogens with one attached hydrogen (secondary N) is 1. The van der Waals surface area contributed by atoms with Crippen LogP contribution in [0.5, 0.6) is 0 Å². The number of hydrogen-bond donors (Lipinski definition) is 2. The SMILES string of the molecule is NCCNc1cnn(Cc2c(F)cccc2Cl)c(=O)c1. The molecule has 2 rings (SSSR count). The molecule has 5 nitrogen and oxygen atoms in total. The van der Waals surface area contributed by atoms with Gasteiger partial charge in [0.25, 0.3) is 5.56 Å². The monoisotopic (exact) mass is 296 g/mol. The van der Waals surface area contributed by atoms with Gasteiger partial charge in [-0.3, -0.25) is 4.79 Å². The normalized spacial score (nSPS) is 10.6. The van der Waals surface area contributed by atoms with E-state index in [4.69, 9.17) is 17.3 Å². The van der Waals surface area contributed by atoms with Crippen LogP contribution < -0.4 is 16.6 Å². The number of nitrogens with zero attached hydrogens (tertiary/aromatic N) is 2. The smallest absolute Gasteiger partial charge is 0.269 e. The summed E-state index contributed by atoms with van der Waals surface area (Å²) in [5.74, 6) is -0.462. The minimum atomic E-state index is -0.462. The van der Waals surface area contributed by atoms with Crippen molar-refractivity contribution < 1.29 is 4.39 Å². The topological polar surface area (TPSA) is 72.9 Å². The number of halogens is 2. The summed E-state index contributed by atoms with van der Waals surface area (Å²) in [7, 11) is 0. The first kappa shape index (κ1) is 14.5. The van der Waals surface area contributed by atoms with Crippen LogP contribution in [0.3, 0.4) is 0 Å². The lowest BCUT2D eigenvalue weighted by Gasteiger charge is -2.09. The van der Waals surface area contributed by atoms with Crippen LogP contribution in [0, 0.1) is 5.82 Å². The lowest BCUT2D eigenvalue weighted by molar-refractivity contribution is 0.572. The average molecular weight is 297 g/mol. The molecule has 0 spiro atoms. The molecule has 0 aliphatic rings. The van der Waals surface area contributed by atoms with Gasteiger partial charge in [0.2, 0.25) is 0 Å². The minimum Gasteiger partial charge on any atom is -0.382 e. The molecule has 0 amide bonds. The predicted octanol–water partition coefficient (Wildman–Crippen LogP) is 1.45. The first-order valence-electron chi connectivity index (χ1n) is 6.06. The Balaban J connectivity index is 2.24. The molecule has 0 saturated heterocycles. The molecule has 0 fully saturated rings. The third-order valence-corrected chi connectivity index (χ3v) is 3.07. The van der Waals surface area contributed by atoms with Crippen LogP contribution in [-0.4, -0.2) is 22.9 Å². The van der Waals surface area contributed by atoms with Gasteiger partial charge in [0.1, 0.15) is 5.82 Å². The molecule has 0 unspecified atom stereocenters. The van der Waals surface area contributed by atoms with E-state index in [9.17, 15) is 9.18 Å². The molecule has 0 radical (unpaired) electrons. The second-order valence-electron chi connectivity index (χ2n) is 4.16. The van der Waals surface area contributed by atoms with Crippen molar-refractivity contribution in [3.63, 3.8) is 0 Å². The highest BCUT2D eigenvalue weighted by molar-refractivity contribution is 6.31. The van der Waals surface area contributed by atoms with Crippen molar-refractivity contribution in [1.82, 2.24) is 9.78 Å². The Morgan fingerprint density at radius 3 is 2.90 bits per heavy atom. The van der Waals surface area contributed by atoms with E-state index in [-0.39, 0.29) is 22.7 Å². The first-order valence-corrected chi connectivity index (χ1v) is 6.43. The largest absolute Gasteiger partial charge is 0.382 e. The molecule has 0 aliphatic carbocycles. The third kappa shape index (κ3) is 3.34. The Kier molecular flexibility index (Phi) is 4.70. The molecular weight excluding hydrogens is 283 g/mol. The van der Waals surface area contributed by atoms with Gasteiger partial charge in [-0.25, -0.2) is 9.07 Å². The quantitative estimate of drug-likeness (QED) is 0.876. The average Bonchev–Trinajstić information content (AvgIpc) is 2.42. The molecule has 1 aromatic carbocycles. The zero-order valence-corrected chi connectivity index (χ0v) is 11.4. The van der Waals surface area contributed by atoms with E-state index in [0.29, 0.717) is 18.8 Å². The maximum atomic E-state index is 13.7. The molecule has 7 heteroatoms. The maximum Gasteiger partial charge on any atom is 0.269 e. The van der Waals surface area contributed by atoms with Crippen molar-refractivity contribution in [2.75, 3.05) is 18.4 Å². The van der Waals surface area contributed by atoms with Crippen LogP contribution >= 0.6 is 11.6 Å². The highest BCUT2D eigenvalue weighted by Gasteiger charge is 2.09. The Morgan fingerprint density at radius 1 is 1.45 bits per heavy atom. The van der Waals surface area contributed by atoms with Crippen molar-refractivity contribution in [3.8, 4) is 0 Å². The fraction of sp³-hybridized carbons (Fsp3) is 0.231. The standard InChI is InChI=1S/C13H14ClFN4O/c14-11-2-1-3-12(15)10(11)8-19-13(20)6-9(7-18-19)17-5-4-16/h1-3,6-7,17H,4-5,8,16H2. The number of anilines is 1. The van der Waals surface area contributed by atoms with Gasteiger partial charge >= 0.3 is 0 Å². The van der Waals surface area contributed by atoms with E-state index in [2.05, 4.69) is 10.4 Å². The van der Waals surface area contributed by atoms with Crippen molar-refractivity contribution in [2.24, 2.45) is 5.73 Å². The van der Waals surface area contributed by atoms with Crippen LogP contribution in [0.1, 0.15) is 5.56 Å². The number of hydrogen-bond acceptors (Lipinski definition) is 4. The van der Waals surface area contributed by atoms with E-state index in [0.717, 1.165) is 4.68 Å². The van der Waals surface area contributed by atoms with Gasteiger partial charge < -0.3 is 11.1 Å². The molecule has 3 N–H and O–H groups in total. The number of rotatable bonds is 5. The fourth-order valence-electron chi connectivity index (χ4n) is 1.70. The van der Waals surface area contributed by atoms with Gasteiger partial charge in [-0.1, -0.05) is 17.7 Å². The zero-order valence-electron chi connectivity index (χ0n) is 10.6. The predicted molar refractivity (Wildman–Crippen MR) is 76.6 cm³/mol. The molecule has 0 bridgehead atoms. The highest BCUT2D eigenvalue weighted by Crippen LogP contribution is 2.19. The van der Waals surface area contributed by atoms with Crippen molar-refractivity contribution in [3.05, 3.63) is 57.2 Å². The molecule has 1 aromatic heterocycles. The summed E-state index contributed by atoms with van der Waals surface area (Å²) in [5, 5.41) is 7.20. The van der Waals surface area contributed by atoms with Crippen molar-refractivity contribution >= 4 is 17.3 Å². The number of benzene rings is 1. The third-order valence-electron chi connectivity index (χ3n) is 2.71. The zero-order chi connectivity index (χ0) is 14.5. The van der Waals surface area contributed by atoms with Gasteiger partial charge in [0.05, 0.1) is 18.4 Å². The number of aromatic nitrogens is 2. The van der Waals surface area contributed by atoms with Crippen LogP contribution in [0.2, 0.25) is 5.02 Å². The Bertz CT molecular complexity index is 639. The first-order chi connectivity index (χ1) is 9.61. The van der Waals surface area contributed by atoms with Crippen LogP contribution in [0.15, 0.2) is 35.3 Å². The molecule has 0 aliphatic heterocycles. The molecule has 2 aromatic rings. The summed E-state index contributed by atoms with van der Waals surface area (Å²) >= 11 is 5.92. The lowest BCUT2D eigenvalue weighted by atomic mass is 10.2. The molecule has 20 heavy (non-hydrogen) atoms. The molecule has 106 valence electrons. The summed E-state index contributed by atoms with van der Waals surface area (Å²) in [6.45, 7) is 0.986. The van der Waals surface area contributed by atoms with Crippen LogP contribution in [0.25, 0.3) is 0 Å². The number of nitrogens with two attached hydrogens (primary N) is 1. The summed E-state index contributed by atoms with van der Waals surface area (Å²) in [6.07, 6.45) is 1.49. The van der Waals surface area contributed by atoms with Gasteiger partial charge in [0.15, 0.2) is 0 Å². The fourth-order valence-corrected chi connectivity index (χ4v) is 1.92. The van der Waals surface area contributed by atoms with Crippen molar-refractivity contribution in [1.29, 1.82) is 0 Å². The molecular formula is C13H14ClFN4O. The maximum absolute atomic E-state index is 13.7. The van der Waals surface area contributed by atoms with E-state index in [1.54, 1.807) is 6.07 Å². The second-order valence-corrected chi connectivity index (χ2v) is 4.56. The van der Waals surface area contributed by atoms with Crippen LogP contribution in [0.4, 0.5) is 10.1 Å². The lowest BCUT2D eigenvalue weighted by Crippen LogP contribution is -2.24. The Hall–Kier alpha value is -1.92. The minimum absolute atomic E-state index is 0.0124. The Morgan fingerprint density at radius 2 is 2.25 bits per heavy atom. The van der Waals surface area contributed by atoms with Gasteiger partial charge in [-0.05, 0) is 12.1 Å².